The number of aliphatic hydroxyl groups excluding tert-OH is 1. The fourth-order valence-corrected chi connectivity index (χ4v) is 2.88. The van der Waals surface area contributed by atoms with Gasteiger partial charge in [-0.3, -0.25) is 4.79 Å². The van der Waals surface area contributed by atoms with Crippen LogP contribution in [0.5, 0.6) is 0 Å². The van der Waals surface area contributed by atoms with E-state index in [-0.39, 0.29) is 5.91 Å². The maximum atomic E-state index is 11.9. The van der Waals surface area contributed by atoms with E-state index in [1.807, 2.05) is 12.1 Å². The molecule has 0 bridgehead atoms. The topological polar surface area (TPSA) is 65.7 Å². The zero-order valence-electron chi connectivity index (χ0n) is 13.1. The molecule has 5 nitrogen and oxygen atoms in total. The maximum Gasteiger partial charge on any atom is 0.254 e. The summed E-state index contributed by atoms with van der Waals surface area (Å²) < 4.78 is 4.90. The van der Waals surface area contributed by atoms with E-state index in [0.717, 1.165) is 31.5 Å². The number of carbonyl (C=O) groups excluding carboxylic acids is 1. The predicted octanol–water partition coefficient (Wildman–Crippen LogP) is 2.42. The molecule has 0 saturated carbocycles. The lowest BCUT2D eigenvalue weighted by atomic mass is 9.97. The first-order valence-electron chi connectivity index (χ1n) is 8.01. The van der Waals surface area contributed by atoms with E-state index in [0.29, 0.717) is 24.6 Å². The summed E-state index contributed by atoms with van der Waals surface area (Å²) >= 11 is 0. The van der Waals surface area contributed by atoms with Gasteiger partial charge in [0, 0.05) is 31.9 Å². The van der Waals surface area contributed by atoms with Gasteiger partial charge in [0.05, 0.1) is 11.8 Å². The third-order valence-corrected chi connectivity index (χ3v) is 4.41. The molecule has 1 aromatic heterocycles. The Hall–Kier alpha value is -2.27. The van der Waals surface area contributed by atoms with Crippen molar-refractivity contribution < 1.29 is 14.3 Å². The minimum absolute atomic E-state index is 0.131. The third kappa shape index (κ3) is 3.93. The van der Waals surface area contributed by atoms with Crippen LogP contribution in [0.15, 0.2) is 47.3 Å². The summed E-state index contributed by atoms with van der Waals surface area (Å²) in [6.07, 6.45) is 5.01. The predicted molar refractivity (Wildman–Crippen MR) is 88.3 cm³/mol. The van der Waals surface area contributed by atoms with Crippen LogP contribution in [0.4, 0.5) is 5.69 Å². The maximum absolute atomic E-state index is 11.9. The molecule has 2 heterocycles. The van der Waals surface area contributed by atoms with Crippen molar-refractivity contribution in [3.8, 4) is 0 Å². The summed E-state index contributed by atoms with van der Waals surface area (Å²) in [7, 11) is 0. The highest BCUT2D eigenvalue weighted by Gasteiger charge is 2.18. The molecule has 1 amide bonds. The highest BCUT2D eigenvalue weighted by Crippen LogP contribution is 2.23. The fraction of sp³-hybridized carbons (Fsp3) is 0.389. The lowest BCUT2D eigenvalue weighted by molar-refractivity contribution is 0.0950. The number of benzene rings is 1. The number of piperidine rings is 1. The molecule has 0 radical (unpaired) electrons. The fourth-order valence-electron chi connectivity index (χ4n) is 2.88. The van der Waals surface area contributed by atoms with Crippen molar-refractivity contribution in [3.63, 3.8) is 0 Å². The molecule has 122 valence electrons. The Labute approximate surface area is 135 Å². The highest BCUT2D eigenvalue weighted by atomic mass is 16.3. The highest BCUT2D eigenvalue weighted by molar-refractivity contribution is 5.93. The number of amides is 1. The summed E-state index contributed by atoms with van der Waals surface area (Å²) in [6, 6.07) is 9.93. The molecule has 1 aliphatic rings. The van der Waals surface area contributed by atoms with Gasteiger partial charge in [0.25, 0.3) is 5.91 Å². The van der Waals surface area contributed by atoms with Gasteiger partial charge in [-0.15, -0.1) is 0 Å². The van der Waals surface area contributed by atoms with Crippen LogP contribution in [0.1, 0.15) is 28.8 Å². The standard InChI is InChI=1S/C18H22N2O3/c21-12-15-5-8-20(9-6-15)17-3-1-14(2-4-17)11-19-18(22)16-7-10-23-13-16/h1-4,7,10,13,15,21H,5-6,8-9,11-12H2,(H,19,22). The van der Waals surface area contributed by atoms with Gasteiger partial charge >= 0.3 is 0 Å². The van der Waals surface area contributed by atoms with Gasteiger partial charge in [0.2, 0.25) is 0 Å². The third-order valence-electron chi connectivity index (χ3n) is 4.41. The average Bonchev–Trinajstić information content (AvgIpc) is 3.15. The second-order valence-corrected chi connectivity index (χ2v) is 5.97. The van der Waals surface area contributed by atoms with E-state index in [2.05, 4.69) is 22.3 Å². The molecule has 1 fully saturated rings. The number of carbonyl (C=O) groups is 1. The van der Waals surface area contributed by atoms with Gasteiger partial charge in [-0.1, -0.05) is 12.1 Å². The van der Waals surface area contributed by atoms with Gasteiger partial charge in [0.1, 0.15) is 6.26 Å². The summed E-state index contributed by atoms with van der Waals surface area (Å²) in [6.45, 7) is 2.77. The Bertz CT molecular complexity index is 614. The summed E-state index contributed by atoms with van der Waals surface area (Å²) in [4.78, 5) is 14.2. The average molecular weight is 314 g/mol. The minimum atomic E-state index is -0.131. The Kier molecular flexibility index (Phi) is 4.98. The quantitative estimate of drug-likeness (QED) is 0.889. The number of rotatable bonds is 5. The Morgan fingerprint density at radius 1 is 1.22 bits per heavy atom. The van der Waals surface area contributed by atoms with Gasteiger partial charge in [-0.25, -0.2) is 0 Å². The first-order valence-corrected chi connectivity index (χ1v) is 8.01. The van der Waals surface area contributed by atoms with Crippen molar-refractivity contribution in [2.24, 2.45) is 5.92 Å². The number of aliphatic hydroxyl groups is 1. The van der Waals surface area contributed by atoms with Crippen molar-refractivity contribution in [1.29, 1.82) is 0 Å². The van der Waals surface area contributed by atoms with E-state index in [1.54, 1.807) is 6.07 Å². The van der Waals surface area contributed by atoms with Crippen LogP contribution in [0.2, 0.25) is 0 Å². The molecule has 1 aromatic carbocycles. The number of furan rings is 1. The van der Waals surface area contributed by atoms with Crippen LogP contribution in [0.25, 0.3) is 0 Å². The molecule has 2 aromatic rings. The minimum Gasteiger partial charge on any atom is -0.472 e. The smallest absolute Gasteiger partial charge is 0.254 e. The van der Waals surface area contributed by atoms with E-state index < -0.39 is 0 Å². The molecule has 5 heteroatoms. The number of hydrogen-bond donors (Lipinski definition) is 2. The molecule has 23 heavy (non-hydrogen) atoms. The van der Waals surface area contributed by atoms with Crippen molar-refractivity contribution in [3.05, 3.63) is 54.0 Å². The van der Waals surface area contributed by atoms with E-state index >= 15 is 0 Å². The lowest BCUT2D eigenvalue weighted by Crippen LogP contribution is -2.34. The van der Waals surface area contributed by atoms with Gasteiger partial charge < -0.3 is 19.7 Å². The van der Waals surface area contributed by atoms with Crippen LogP contribution >= 0.6 is 0 Å². The molecule has 0 unspecified atom stereocenters. The number of anilines is 1. The second kappa shape index (κ2) is 7.33. The number of nitrogens with zero attached hydrogens (tertiary/aromatic N) is 1. The Morgan fingerprint density at radius 2 is 1.96 bits per heavy atom. The van der Waals surface area contributed by atoms with E-state index in [1.165, 1.54) is 18.2 Å². The number of nitrogens with one attached hydrogen (secondary N) is 1. The molecular weight excluding hydrogens is 292 g/mol. The zero-order valence-corrected chi connectivity index (χ0v) is 13.1. The molecule has 1 aliphatic heterocycles. The lowest BCUT2D eigenvalue weighted by Gasteiger charge is -2.33. The molecule has 2 N–H and O–H groups in total. The van der Waals surface area contributed by atoms with Crippen LogP contribution in [0.3, 0.4) is 0 Å². The molecule has 1 saturated heterocycles. The monoisotopic (exact) mass is 314 g/mol. The SMILES string of the molecule is O=C(NCc1ccc(N2CCC(CO)CC2)cc1)c1ccoc1. The van der Waals surface area contributed by atoms with Crippen molar-refractivity contribution >= 4 is 11.6 Å². The first-order chi connectivity index (χ1) is 11.3. The zero-order chi connectivity index (χ0) is 16.1. The Morgan fingerprint density at radius 3 is 2.57 bits per heavy atom. The molecule has 0 aliphatic carbocycles. The molecular formula is C18H22N2O3. The van der Waals surface area contributed by atoms with Crippen molar-refractivity contribution in [2.75, 3.05) is 24.6 Å². The second-order valence-electron chi connectivity index (χ2n) is 5.97. The van der Waals surface area contributed by atoms with Crippen molar-refractivity contribution in [2.45, 2.75) is 19.4 Å². The molecule has 0 spiro atoms. The molecule has 0 atom stereocenters. The summed E-state index contributed by atoms with van der Waals surface area (Å²) in [5.74, 6) is 0.317. The van der Waals surface area contributed by atoms with E-state index in [4.69, 9.17) is 4.42 Å². The van der Waals surface area contributed by atoms with Crippen LogP contribution in [-0.2, 0) is 6.54 Å². The summed E-state index contributed by atoms with van der Waals surface area (Å²) in [5, 5.41) is 12.1. The van der Waals surface area contributed by atoms with Crippen LogP contribution in [-0.4, -0.2) is 30.7 Å². The van der Waals surface area contributed by atoms with E-state index in [9.17, 15) is 9.90 Å². The normalized spacial score (nSPS) is 15.6. The van der Waals surface area contributed by atoms with Gasteiger partial charge in [0.15, 0.2) is 0 Å². The van der Waals surface area contributed by atoms with Gasteiger partial charge in [-0.2, -0.15) is 0 Å². The molecule has 3 rings (SSSR count). The largest absolute Gasteiger partial charge is 0.472 e. The Balaban J connectivity index is 1.52. The van der Waals surface area contributed by atoms with Crippen LogP contribution in [0, 0.1) is 5.92 Å². The van der Waals surface area contributed by atoms with Crippen molar-refractivity contribution in [1.82, 2.24) is 5.32 Å². The van der Waals surface area contributed by atoms with Crippen LogP contribution < -0.4 is 10.2 Å². The van der Waals surface area contributed by atoms with Gasteiger partial charge in [-0.05, 0) is 42.5 Å². The first kappa shape index (κ1) is 15.6. The number of hydrogen-bond acceptors (Lipinski definition) is 4. The summed E-state index contributed by atoms with van der Waals surface area (Å²) in [5.41, 5.74) is 2.80.